The number of nitrogens with one attached hydrogen (secondary N) is 1. The minimum atomic E-state index is 0.105. The van der Waals surface area contributed by atoms with Crippen LogP contribution in [0.3, 0.4) is 0 Å². The van der Waals surface area contributed by atoms with Gasteiger partial charge in [-0.15, -0.1) is 0 Å². The molecule has 2 rings (SSSR count). The maximum Gasteiger partial charge on any atom is 0.223 e. The quantitative estimate of drug-likeness (QED) is 0.498. The Bertz CT molecular complexity index is 431. The summed E-state index contributed by atoms with van der Waals surface area (Å²) in [5, 5.41) is 0. The summed E-state index contributed by atoms with van der Waals surface area (Å²) in [6.07, 6.45) is 0. The standard InChI is InChI=1S/C11H21N7/c1-11(2)7-18(5-4-17(11)3)9-6-8(16-13)14-10(12)15-9/h6H,4-5,7,13H2,1-3H3,(H3,12,14,15,16). The predicted octanol–water partition coefficient (Wildman–Crippen LogP) is -0.125. The van der Waals surface area contributed by atoms with E-state index < -0.39 is 0 Å². The Hall–Kier alpha value is -1.60. The van der Waals surface area contributed by atoms with Crippen molar-refractivity contribution in [1.82, 2.24) is 14.9 Å². The van der Waals surface area contributed by atoms with Crippen molar-refractivity contribution >= 4 is 17.6 Å². The van der Waals surface area contributed by atoms with E-state index in [9.17, 15) is 0 Å². The Kier molecular flexibility index (Phi) is 3.27. The molecule has 0 spiro atoms. The lowest BCUT2D eigenvalue weighted by Crippen LogP contribution is -2.57. The van der Waals surface area contributed by atoms with Crippen molar-refractivity contribution in [2.75, 3.05) is 42.7 Å². The monoisotopic (exact) mass is 251 g/mol. The summed E-state index contributed by atoms with van der Waals surface area (Å²) in [7, 11) is 2.14. The molecule has 1 aliphatic rings. The van der Waals surface area contributed by atoms with Gasteiger partial charge in [-0.3, -0.25) is 4.90 Å². The average molecular weight is 251 g/mol. The SMILES string of the molecule is CN1CCN(c2cc(NN)nc(N)n2)CC1(C)C. The molecule has 1 aromatic heterocycles. The third-order valence-corrected chi connectivity index (χ3v) is 3.52. The number of anilines is 3. The largest absolute Gasteiger partial charge is 0.368 e. The van der Waals surface area contributed by atoms with Gasteiger partial charge in [0.1, 0.15) is 11.6 Å². The molecule has 7 nitrogen and oxygen atoms in total. The van der Waals surface area contributed by atoms with Crippen LogP contribution in [-0.2, 0) is 0 Å². The number of hydrazine groups is 1. The van der Waals surface area contributed by atoms with Crippen molar-refractivity contribution in [2.24, 2.45) is 5.84 Å². The van der Waals surface area contributed by atoms with E-state index >= 15 is 0 Å². The number of aromatic nitrogens is 2. The van der Waals surface area contributed by atoms with Crippen LogP contribution in [0.5, 0.6) is 0 Å². The molecule has 18 heavy (non-hydrogen) atoms. The molecule has 1 aliphatic heterocycles. The first-order valence-electron chi connectivity index (χ1n) is 6.00. The molecule has 1 fully saturated rings. The molecule has 100 valence electrons. The highest BCUT2D eigenvalue weighted by atomic mass is 15.3. The summed E-state index contributed by atoms with van der Waals surface area (Å²) in [6, 6.07) is 1.82. The van der Waals surface area contributed by atoms with Gasteiger partial charge in [-0.1, -0.05) is 0 Å². The van der Waals surface area contributed by atoms with Crippen molar-refractivity contribution in [1.29, 1.82) is 0 Å². The summed E-state index contributed by atoms with van der Waals surface area (Å²) in [5.41, 5.74) is 8.30. The third-order valence-electron chi connectivity index (χ3n) is 3.52. The maximum atomic E-state index is 5.68. The lowest BCUT2D eigenvalue weighted by molar-refractivity contribution is 0.138. The molecule has 0 aromatic carbocycles. The number of nitrogen functional groups attached to an aromatic ring is 2. The molecular weight excluding hydrogens is 230 g/mol. The minimum Gasteiger partial charge on any atom is -0.368 e. The average Bonchev–Trinajstić information content (AvgIpc) is 2.31. The van der Waals surface area contributed by atoms with Crippen molar-refractivity contribution < 1.29 is 0 Å². The first-order valence-corrected chi connectivity index (χ1v) is 6.00. The van der Waals surface area contributed by atoms with E-state index in [1.54, 1.807) is 0 Å². The summed E-state index contributed by atoms with van der Waals surface area (Å²) < 4.78 is 0. The molecule has 0 unspecified atom stereocenters. The van der Waals surface area contributed by atoms with Crippen LogP contribution in [0.1, 0.15) is 13.8 Å². The molecule has 0 radical (unpaired) electrons. The van der Waals surface area contributed by atoms with Gasteiger partial charge in [-0.2, -0.15) is 9.97 Å². The molecule has 0 saturated carbocycles. The van der Waals surface area contributed by atoms with Crippen molar-refractivity contribution in [3.8, 4) is 0 Å². The second-order valence-electron chi connectivity index (χ2n) is 5.27. The van der Waals surface area contributed by atoms with Gasteiger partial charge in [0.25, 0.3) is 0 Å². The number of hydrogen-bond donors (Lipinski definition) is 3. The zero-order valence-corrected chi connectivity index (χ0v) is 11.1. The Morgan fingerprint density at radius 3 is 2.67 bits per heavy atom. The van der Waals surface area contributed by atoms with Crippen LogP contribution in [0.4, 0.5) is 17.6 Å². The van der Waals surface area contributed by atoms with Crippen LogP contribution in [0.25, 0.3) is 0 Å². The van der Waals surface area contributed by atoms with E-state index in [-0.39, 0.29) is 11.5 Å². The Morgan fingerprint density at radius 1 is 1.33 bits per heavy atom. The molecular formula is C11H21N7. The predicted molar refractivity (Wildman–Crippen MR) is 73.2 cm³/mol. The van der Waals surface area contributed by atoms with Gasteiger partial charge in [0.15, 0.2) is 0 Å². The maximum absolute atomic E-state index is 5.68. The van der Waals surface area contributed by atoms with Crippen LogP contribution < -0.4 is 21.9 Å². The molecule has 1 saturated heterocycles. The van der Waals surface area contributed by atoms with E-state index in [2.05, 4.69) is 46.1 Å². The number of nitrogens with two attached hydrogens (primary N) is 2. The second kappa shape index (κ2) is 4.58. The Labute approximate surface area is 107 Å². The van der Waals surface area contributed by atoms with E-state index in [4.69, 9.17) is 11.6 Å². The van der Waals surface area contributed by atoms with Crippen LogP contribution in [0, 0.1) is 0 Å². The summed E-state index contributed by atoms with van der Waals surface area (Å²) in [6.45, 7) is 7.23. The Balaban J connectivity index is 2.24. The first kappa shape index (κ1) is 12.8. The molecule has 0 aliphatic carbocycles. The molecule has 7 heteroatoms. The molecule has 0 amide bonds. The van der Waals surface area contributed by atoms with Gasteiger partial charge in [0.05, 0.1) is 0 Å². The zero-order valence-electron chi connectivity index (χ0n) is 11.1. The number of likely N-dealkylation sites (N-methyl/N-ethyl adjacent to an activating group) is 1. The smallest absolute Gasteiger partial charge is 0.223 e. The number of rotatable bonds is 2. The first-order chi connectivity index (χ1) is 8.42. The summed E-state index contributed by atoms with van der Waals surface area (Å²) in [4.78, 5) is 12.8. The van der Waals surface area contributed by atoms with Crippen LogP contribution >= 0.6 is 0 Å². The van der Waals surface area contributed by atoms with Gasteiger partial charge in [-0.25, -0.2) is 5.84 Å². The number of nitrogens with zero attached hydrogens (tertiary/aromatic N) is 4. The number of hydrogen-bond acceptors (Lipinski definition) is 7. The summed E-state index contributed by atoms with van der Waals surface area (Å²) >= 11 is 0. The lowest BCUT2D eigenvalue weighted by atomic mass is 10.00. The van der Waals surface area contributed by atoms with Crippen molar-refractivity contribution in [3.63, 3.8) is 0 Å². The summed E-state index contributed by atoms with van der Waals surface area (Å²) in [5.74, 6) is 6.96. The van der Waals surface area contributed by atoms with E-state index in [0.717, 1.165) is 25.5 Å². The van der Waals surface area contributed by atoms with E-state index in [0.29, 0.717) is 5.82 Å². The lowest BCUT2D eigenvalue weighted by Gasteiger charge is -2.45. The van der Waals surface area contributed by atoms with Crippen molar-refractivity contribution in [3.05, 3.63) is 6.07 Å². The fourth-order valence-corrected chi connectivity index (χ4v) is 2.12. The van der Waals surface area contributed by atoms with Crippen LogP contribution in [-0.4, -0.2) is 47.1 Å². The molecule has 2 heterocycles. The highest BCUT2D eigenvalue weighted by Gasteiger charge is 2.31. The van der Waals surface area contributed by atoms with Gasteiger partial charge in [0, 0.05) is 31.2 Å². The Morgan fingerprint density at radius 2 is 2.06 bits per heavy atom. The fourth-order valence-electron chi connectivity index (χ4n) is 2.12. The molecule has 1 aromatic rings. The van der Waals surface area contributed by atoms with E-state index in [1.807, 2.05) is 6.07 Å². The van der Waals surface area contributed by atoms with Gasteiger partial charge in [-0.05, 0) is 20.9 Å². The normalized spacial score (nSPS) is 19.9. The fraction of sp³-hybridized carbons (Fsp3) is 0.636. The van der Waals surface area contributed by atoms with Gasteiger partial charge >= 0.3 is 0 Å². The van der Waals surface area contributed by atoms with Crippen LogP contribution in [0.15, 0.2) is 6.07 Å². The second-order valence-corrected chi connectivity index (χ2v) is 5.27. The van der Waals surface area contributed by atoms with Gasteiger partial charge in [0.2, 0.25) is 5.95 Å². The van der Waals surface area contributed by atoms with Crippen LogP contribution in [0.2, 0.25) is 0 Å². The molecule has 0 atom stereocenters. The minimum absolute atomic E-state index is 0.105. The zero-order chi connectivity index (χ0) is 13.3. The van der Waals surface area contributed by atoms with Crippen molar-refractivity contribution in [2.45, 2.75) is 19.4 Å². The van der Waals surface area contributed by atoms with E-state index in [1.165, 1.54) is 0 Å². The molecule has 5 N–H and O–H groups in total. The van der Waals surface area contributed by atoms with Gasteiger partial charge < -0.3 is 16.1 Å². The third kappa shape index (κ3) is 2.46. The highest BCUT2D eigenvalue weighted by Crippen LogP contribution is 2.24. The number of piperazine rings is 1. The molecule has 0 bridgehead atoms. The topological polar surface area (TPSA) is 96.3 Å². The highest BCUT2D eigenvalue weighted by molar-refractivity contribution is 5.52.